The van der Waals surface area contributed by atoms with Crippen molar-refractivity contribution in [3.05, 3.63) is 41.5 Å². The predicted octanol–water partition coefficient (Wildman–Crippen LogP) is 3.47. The smallest absolute Gasteiger partial charge is 0.233 e. The van der Waals surface area contributed by atoms with Crippen molar-refractivity contribution in [3.63, 3.8) is 0 Å². The third kappa shape index (κ3) is 4.09. The second-order valence-electron chi connectivity index (χ2n) is 7.14. The minimum atomic E-state index is -0.242. The molecule has 1 aromatic carbocycles. The van der Waals surface area contributed by atoms with Crippen LogP contribution in [-0.2, 0) is 11.2 Å². The molecule has 2 aromatic rings. The highest BCUT2D eigenvalue weighted by molar-refractivity contribution is 8.00. The molecule has 1 atom stereocenters. The molecular weight excluding hydrogens is 351 g/mol. The van der Waals surface area contributed by atoms with Crippen LogP contribution in [-0.4, -0.2) is 32.5 Å². The van der Waals surface area contributed by atoms with Gasteiger partial charge in [0.05, 0.1) is 5.25 Å². The Morgan fingerprint density at radius 3 is 2.65 bits per heavy atom. The SMILES string of the molecule is C[C@H](Sc1nnc(C2CC2)n1C1CC1)C(=O)NCCc1ccc(F)cc1. The second kappa shape index (κ2) is 7.39. The van der Waals surface area contributed by atoms with Gasteiger partial charge in [0.15, 0.2) is 5.16 Å². The van der Waals surface area contributed by atoms with Crippen LogP contribution in [0, 0.1) is 5.82 Å². The Bertz CT molecular complexity index is 783. The van der Waals surface area contributed by atoms with Crippen LogP contribution in [0.5, 0.6) is 0 Å². The van der Waals surface area contributed by atoms with E-state index in [1.165, 1.54) is 49.6 Å². The van der Waals surface area contributed by atoms with Crippen molar-refractivity contribution in [2.45, 2.75) is 61.4 Å². The summed E-state index contributed by atoms with van der Waals surface area (Å²) in [4.78, 5) is 12.4. The van der Waals surface area contributed by atoms with Gasteiger partial charge in [-0.1, -0.05) is 23.9 Å². The van der Waals surface area contributed by atoms with Gasteiger partial charge in [0.1, 0.15) is 11.6 Å². The molecule has 26 heavy (non-hydrogen) atoms. The van der Waals surface area contributed by atoms with Gasteiger partial charge in [0, 0.05) is 18.5 Å². The fourth-order valence-corrected chi connectivity index (χ4v) is 3.95. The van der Waals surface area contributed by atoms with Gasteiger partial charge in [-0.15, -0.1) is 10.2 Å². The lowest BCUT2D eigenvalue weighted by Gasteiger charge is -2.13. The van der Waals surface area contributed by atoms with E-state index in [0.717, 1.165) is 16.5 Å². The zero-order valence-electron chi connectivity index (χ0n) is 14.8. The van der Waals surface area contributed by atoms with Gasteiger partial charge in [0.2, 0.25) is 5.91 Å². The quantitative estimate of drug-likeness (QED) is 0.719. The lowest BCUT2D eigenvalue weighted by atomic mass is 10.1. The molecule has 5 nitrogen and oxygen atoms in total. The first-order valence-electron chi connectivity index (χ1n) is 9.25. The Kier molecular flexibility index (Phi) is 4.98. The number of nitrogens with zero attached hydrogens (tertiary/aromatic N) is 3. The highest BCUT2D eigenvalue weighted by atomic mass is 32.2. The van der Waals surface area contributed by atoms with Gasteiger partial charge in [-0.05, 0) is 56.7 Å². The summed E-state index contributed by atoms with van der Waals surface area (Å²) in [6, 6.07) is 6.90. The van der Waals surface area contributed by atoms with E-state index in [1.54, 1.807) is 12.1 Å². The number of carbonyl (C=O) groups is 1. The number of thioether (sulfide) groups is 1. The van der Waals surface area contributed by atoms with Crippen LogP contribution in [0.1, 0.15) is 56.0 Å². The molecule has 0 radical (unpaired) electrons. The van der Waals surface area contributed by atoms with Crippen molar-refractivity contribution < 1.29 is 9.18 Å². The summed E-state index contributed by atoms with van der Waals surface area (Å²) in [6.07, 6.45) is 5.46. The lowest BCUT2D eigenvalue weighted by Crippen LogP contribution is -2.32. The Morgan fingerprint density at radius 2 is 2.00 bits per heavy atom. The van der Waals surface area contributed by atoms with E-state index in [2.05, 4.69) is 20.1 Å². The molecule has 2 aliphatic carbocycles. The molecule has 1 heterocycles. The maximum atomic E-state index is 12.9. The summed E-state index contributed by atoms with van der Waals surface area (Å²) >= 11 is 1.49. The van der Waals surface area contributed by atoms with E-state index in [0.29, 0.717) is 24.9 Å². The van der Waals surface area contributed by atoms with Gasteiger partial charge in [0.25, 0.3) is 0 Å². The number of benzene rings is 1. The Morgan fingerprint density at radius 1 is 1.27 bits per heavy atom. The molecule has 1 N–H and O–H groups in total. The molecule has 2 aliphatic rings. The largest absolute Gasteiger partial charge is 0.355 e. The Labute approximate surface area is 156 Å². The van der Waals surface area contributed by atoms with E-state index in [-0.39, 0.29) is 17.0 Å². The molecule has 1 aromatic heterocycles. The number of hydrogen-bond acceptors (Lipinski definition) is 4. The number of halogens is 1. The second-order valence-corrected chi connectivity index (χ2v) is 8.45. The molecule has 0 unspecified atom stereocenters. The third-order valence-electron chi connectivity index (χ3n) is 4.82. The van der Waals surface area contributed by atoms with E-state index in [1.807, 2.05) is 6.92 Å². The molecular formula is C19H23FN4OS. The van der Waals surface area contributed by atoms with E-state index in [4.69, 9.17) is 0 Å². The number of hydrogen-bond donors (Lipinski definition) is 1. The van der Waals surface area contributed by atoms with Crippen molar-refractivity contribution in [2.24, 2.45) is 0 Å². The first-order chi connectivity index (χ1) is 12.6. The van der Waals surface area contributed by atoms with Gasteiger partial charge in [-0.2, -0.15) is 0 Å². The molecule has 1 amide bonds. The van der Waals surface area contributed by atoms with Crippen molar-refractivity contribution in [2.75, 3.05) is 6.54 Å². The average Bonchev–Trinajstić information content (AvgIpc) is 3.55. The third-order valence-corrected chi connectivity index (χ3v) is 5.88. The van der Waals surface area contributed by atoms with Crippen molar-refractivity contribution in [1.82, 2.24) is 20.1 Å². The van der Waals surface area contributed by atoms with Gasteiger partial charge in [-0.3, -0.25) is 4.79 Å². The first kappa shape index (κ1) is 17.5. The summed E-state index contributed by atoms with van der Waals surface area (Å²) in [5.41, 5.74) is 1.01. The molecule has 0 bridgehead atoms. The minimum Gasteiger partial charge on any atom is -0.355 e. The molecule has 0 aliphatic heterocycles. The standard InChI is InChI=1S/C19H23FN4OS/c1-12(18(25)21-11-10-13-2-6-15(20)7-3-13)26-19-23-22-17(14-4-5-14)24(19)16-8-9-16/h2-3,6-7,12,14,16H,4-5,8-11H2,1H3,(H,21,25)/t12-/m0/s1. The van der Waals surface area contributed by atoms with E-state index < -0.39 is 0 Å². The molecule has 7 heteroatoms. The fourth-order valence-electron chi connectivity index (χ4n) is 3.00. The number of amides is 1. The average molecular weight is 374 g/mol. The summed E-state index contributed by atoms with van der Waals surface area (Å²) < 4.78 is 15.2. The normalized spacial score (nSPS) is 17.9. The van der Waals surface area contributed by atoms with Crippen LogP contribution >= 0.6 is 11.8 Å². The molecule has 2 fully saturated rings. The van der Waals surface area contributed by atoms with Crippen LogP contribution in [0.4, 0.5) is 4.39 Å². The van der Waals surface area contributed by atoms with Gasteiger partial charge in [-0.25, -0.2) is 4.39 Å². The van der Waals surface area contributed by atoms with Crippen LogP contribution in [0.3, 0.4) is 0 Å². The molecule has 138 valence electrons. The maximum absolute atomic E-state index is 12.9. The summed E-state index contributed by atoms with van der Waals surface area (Å²) in [7, 11) is 0. The van der Waals surface area contributed by atoms with Crippen LogP contribution < -0.4 is 5.32 Å². The zero-order chi connectivity index (χ0) is 18.1. The molecule has 0 spiro atoms. The summed E-state index contributed by atoms with van der Waals surface area (Å²) in [6.45, 7) is 2.44. The van der Waals surface area contributed by atoms with Gasteiger partial charge < -0.3 is 9.88 Å². The fraction of sp³-hybridized carbons (Fsp3) is 0.526. The van der Waals surface area contributed by atoms with E-state index in [9.17, 15) is 9.18 Å². The lowest BCUT2D eigenvalue weighted by molar-refractivity contribution is -0.120. The highest BCUT2D eigenvalue weighted by Gasteiger charge is 2.37. The van der Waals surface area contributed by atoms with Crippen LogP contribution in [0.15, 0.2) is 29.4 Å². The minimum absolute atomic E-state index is 0.00423. The monoisotopic (exact) mass is 374 g/mol. The number of rotatable bonds is 8. The van der Waals surface area contributed by atoms with Crippen LogP contribution in [0.25, 0.3) is 0 Å². The Hall–Kier alpha value is -1.89. The van der Waals surface area contributed by atoms with E-state index >= 15 is 0 Å². The Balaban J connectivity index is 1.31. The molecule has 0 saturated heterocycles. The van der Waals surface area contributed by atoms with Crippen molar-refractivity contribution in [3.8, 4) is 0 Å². The van der Waals surface area contributed by atoms with Crippen molar-refractivity contribution >= 4 is 17.7 Å². The number of nitrogens with one attached hydrogen (secondary N) is 1. The van der Waals surface area contributed by atoms with Crippen molar-refractivity contribution in [1.29, 1.82) is 0 Å². The summed E-state index contributed by atoms with van der Waals surface area (Å²) in [5.74, 6) is 1.43. The number of carbonyl (C=O) groups excluding carboxylic acids is 1. The maximum Gasteiger partial charge on any atom is 0.233 e. The highest BCUT2D eigenvalue weighted by Crippen LogP contribution is 2.46. The van der Waals surface area contributed by atoms with Gasteiger partial charge >= 0.3 is 0 Å². The first-order valence-corrected chi connectivity index (χ1v) is 10.1. The molecule has 4 rings (SSSR count). The number of aromatic nitrogens is 3. The van der Waals surface area contributed by atoms with Crippen LogP contribution in [0.2, 0.25) is 0 Å². The summed E-state index contributed by atoms with van der Waals surface area (Å²) in [5, 5.41) is 12.4. The molecule has 2 saturated carbocycles. The topological polar surface area (TPSA) is 59.8 Å². The predicted molar refractivity (Wildman–Crippen MR) is 98.7 cm³/mol. The zero-order valence-corrected chi connectivity index (χ0v) is 15.6.